The topological polar surface area (TPSA) is 45.2 Å². The summed E-state index contributed by atoms with van der Waals surface area (Å²) in [6, 6.07) is 11.4. The zero-order chi connectivity index (χ0) is 15.7. The Kier molecular flexibility index (Phi) is 3.44. The van der Waals surface area contributed by atoms with Crippen molar-refractivity contribution < 1.29 is 23.0 Å². The number of halogens is 3. The van der Waals surface area contributed by atoms with Crippen LogP contribution in [0.1, 0.15) is 11.3 Å². The van der Waals surface area contributed by atoms with Crippen molar-refractivity contribution in [2.24, 2.45) is 0 Å². The van der Waals surface area contributed by atoms with Crippen molar-refractivity contribution in [1.82, 2.24) is 4.98 Å². The quantitative estimate of drug-likeness (QED) is 0.750. The fraction of sp³-hybridized carbons (Fsp3) is 0.125. The SMILES string of the molecule is Oc1cccc2[nH]c(COc3ccc(C(F)(F)F)cc3)cc12. The van der Waals surface area contributed by atoms with Gasteiger partial charge in [0, 0.05) is 10.9 Å². The van der Waals surface area contributed by atoms with Gasteiger partial charge < -0.3 is 14.8 Å². The van der Waals surface area contributed by atoms with E-state index < -0.39 is 11.7 Å². The number of rotatable bonds is 3. The first-order chi connectivity index (χ1) is 10.4. The molecule has 3 nitrogen and oxygen atoms in total. The van der Waals surface area contributed by atoms with Crippen molar-refractivity contribution in [3.05, 3.63) is 59.8 Å². The van der Waals surface area contributed by atoms with Crippen LogP contribution in [0.2, 0.25) is 0 Å². The Bertz CT molecular complexity index is 791. The monoisotopic (exact) mass is 307 g/mol. The van der Waals surface area contributed by atoms with Crippen molar-refractivity contribution in [2.75, 3.05) is 0 Å². The van der Waals surface area contributed by atoms with Gasteiger partial charge >= 0.3 is 6.18 Å². The number of nitrogens with one attached hydrogen (secondary N) is 1. The van der Waals surface area contributed by atoms with E-state index in [4.69, 9.17) is 4.74 Å². The zero-order valence-corrected chi connectivity index (χ0v) is 11.3. The van der Waals surface area contributed by atoms with E-state index in [2.05, 4.69) is 4.98 Å². The van der Waals surface area contributed by atoms with E-state index in [0.717, 1.165) is 23.3 Å². The van der Waals surface area contributed by atoms with Crippen LogP contribution in [0.25, 0.3) is 10.9 Å². The lowest BCUT2D eigenvalue weighted by atomic mass is 10.2. The molecule has 3 rings (SSSR count). The number of aromatic nitrogens is 1. The first-order valence-corrected chi connectivity index (χ1v) is 6.53. The molecule has 2 N–H and O–H groups in total. The molecule has 0 bridgehead atoms. The van der Waals surface area contributed by atoms with Crippen LogP contribution >= 0.6 is 0 Å². The number of fused-ring (bicyclic) bond motifs is 1. The standard InChI is InChI=1S/C16H12F3NO2/c17-16(18,19)10-4-6-12(7-5-10)22-9-11-8-13-14(20-11)2-1-3-15(13)21/h1-8,20-21H,9H2. The van der Waals surface area contributed by atoms with E-state index in [1.807, 2.05) is 6.07 Å². The van der Waals surface area contributed by atoms with E-state index >= 15 is 0 Å². The number of hydrogen-bond donors (Lipinski definition) is 2. The molecule has 0 fully saturated rings. The van der Waals surface area contributed by atoms with Crippen LogP contribution in [0.4, 0.5) is 13.2 Å². The lowest BCUT2D eigenvalue weighted by Gasteiger charge is -2.08. The van der Waals surface area contributed by atoms with Crippen LogP contribution in [-0.4, -0.2) is 10.1 Å². The highest BCUT2D eigenvalue weighted by molar-refractivity contribution is 5.86. The maximum Gasteiger partial charge on any atom is 0.416 e. The van der Waals surface area contributed by atoms with E-state index in [-0.39, 0.29) is 12.4 Å². The number of ether oxygens (including phenoxy) is 1. The second kappa shape index (κ2) is 5.29. The van der Waals surface area contributed by atoms with E-state index in [1.54, 1.807) is 18.2 Å². The molecule has 0 saturated heterocycles. The molecule has 0 aliphatic carbocycles. The lowest BCUT2D eigenvalue weighted by Crippen LogP contribution is -2.04. The summed E-state index contributed by atoms with van der Waals surface area (Å²) in [6.45, 7) is 0.166. The fourth-order valence-electron chi connectivity index (χ4n) is 2.18. The Morgan fingerprint density at radius 1 is 1.05 bits per heavy atom. The number of phenolic OH excluding ortho intramolecular Hbond substituents is 1. The van der Waals surface area contributed by atoms with Crippen LogP contribution in [0, 0.1) is 0 Å². The molecule has 1 heterocycles. The minimum atomic E-state index is -4.35. The fourth-order valence-corrected chi connectivity index (χ4v) is 2.18. The highest BCUT2D eigenvalue weighted by Crippen LogP contribution is 2.30. The minimum absolute atomic E-state index is 0.162. The van der Waals surface area contributed by atoms with Crippen molar-refractivity contribution in [2.45, 2.75) is 12.8 Å². The van der Waals surface area contributed by atoms with Crippen LogP contribution in [0.15, 0.2) is 48.5 Å². The summed E-state index contributed by atoms with van der Waals surface area (Å²) in [5, 5.41) is 10.4. The minimum Gasteiger partial charge on any atom is -0.507 e. The molecular weight excluding hydrogens is 295 g/mol. The van der Waals surface area contributed by atoms with Gasteiger partial charge in [-0.1, -0.05) is 6.07 Å². The van der Waals surface area contributed by atoms with Crippen molar-refractivity contribution in [3.63, 3.8) is 0 Å². The van der Waals surface area contributed by atoms with Gasteiger partial charge in [-0.3, -0.25) is 0 Å². The third kappa shape index (κ3) is 2.86. The predicted molar refractivity (Wildman–Crippen MR) is 75.7 cm³/mol. The van der Waals surface area contributed by atoms with Gasteiger partial charge in [0.2, 0.25) is 0 Å². The molecule has 1 aromatic heterocycles. The Morgan fingerprint density at radius 3 is 2.41 bits per heavy atom. The van der Waals surface area contributed by atoms with Crippen LogP contribution in [-0.2, 0) is 12.8 Å². The average Bonchev–Trinajstić information content (AvgIpc) is 2.89. The van der Waals surface area contributed by atoms with E-state index in [9.17, 15) is 18.3 Å². The molecule has 2 aromatic carbocycles. The van der Waals surface area contributed by atoms with Crippen molar-refractivity contribution in [1.29, 1.82) is 0 Å². The summed E-state index contributed by atoms with van der Waals surface area (Å²) >= 11 is 0. The summed E-state index contributed by atoms with van der Waals surface area (Å²) in [4.78, 5) is 3.08. The second-order valence-electron chi connectivity index (χ2n) is 4.84. The molecule has 0 aliphatic rings. The Hall–Kier alpha value is -2.63. The largest absolute Gasteiger partial charge is 0.507 e. The summed E-state index contributed by atoms with van der Waals surface area (Å²) < 4.78 is 42.8. The number of hydrogen-bond acceptors (Lipinski definition) is 2. The van der Waals surface area contributed by atoms with Gasteiger partial charge in [0.15, 0.2) is 0 Å². The van der Waals surface area contributed by atoms with E-state index in [1.165, 1.54) is 12.1 Å². The summed E-state index contributed by atoms with van der Waals surface area (Å²) in [6.07, 6.45) is -4.35. The van der Waals surface area contributed by atoms with Gasteiger partial charge in [0.25, 0.3) is 0 Å². The number of aromatic hydroxyl groups is 1. The Balaban J connectivity index is 1.72. The summed E-state index contributed by atoms with van der Waals surface area (Å²) in [5.41, 5.74) is 0.776. The van der Waals surface area contributed by atoms with Crippen molar-refractivity contribution >= 4 is 10.9 Å². The first-order valence-electron chi connectivity index (χ1n) is 6.53. The Labute approximate surface area is 124 Å². The maximum absolute atomic E-state index is 12.5. The molecule has 0 unspecified atom stereocenters. The smallest absolute Gasteiger partial charge is 0.416 e. The molecule has 3 aromatic rings. The molecular formula is C16H12F3NO2. The highest BCUT2D eigenvalue weighted by Gasteiger charge is 2.29. The van der Waals surface area contributed by atoms with Gasteiger partial charge in [0.05, 0.1) is 11.3 Å². The molecule has 6 heteroatoms. The summed E-state index contributed by atoms with van der Waals surface area (Å²) in [5.74, 6) is 0.505. The number of alkyl halides is 3. The van der Waals surface area contributed by atoms with Gasteiger partial charge in [-0.05, 0) is 42.5 Å². The molecule has 0 saturated carbocycles. The van der Waals surface area contributed by atoms with Gasteiger partial charge in [-0.25, -0.2) is 0 Å². The highest BCUT2D eigenvalue weighted by atomic mass is 19.4. The maximum atomic E-state index is 12.5. The van der Waals surface area contributed by atoms with E-state index in [0.29, 0.717) is 11.1 Å². The molecule has 0 atom stereocenters. The number of H-pyrrole nitrogens is 1. The van der Waals surface area contributed by atoms with Crippen LogP contribution in [0.5, 0.6) is 11.5 Å². The number of aromatic amines is 1. The van der Waals surface area contributed by atoms with Crippen LogP contribution < -0.4 is 4.74 Å². The third-order valence-electron chi connectivity index (χ3n) is 3.27. The molecule has 0 radical (unpaired) electrons. The predicted octanol–water partition coefficient (Wildman–Crippen LogP) is 4.47. The molecule has 0 aliphatic heterocycles. The number of phenols is 1. The summed E-state index contributed by atoms with van der Waals surface area (Å²) in [7, 11) is 0. The van der Waals surface area contributed by atoms with Crippen molar-refractivity contribution in [3.8, 4) is 11.5 Å². The molecule has 114 valence electrons. The average molecular weight is 307 g/mol. The number of benzene rings is 2. The lowest BCUT2D eigenvalue weighted by molar-refractivity contribution is -0.137. The normalized spacial score (nSPS) is 11.8. The molecule has 22 heavy (non-hydrogen) atoms. The van der Waals surface area contributed by atoms with Crippen LogP contribution in [0.3, 0.4) is 0 Å². The third-order valence-corrected chi connectivity index (χ3v) is 3.27. The van der Waals surface area contributed by atoms with Gasteiger partial charge in [0.1, 0.15) is 18.1 Å². The Morgan fingerprint density at radius 2 is 1.77 bits per heavy atom. The molecule has 0 amide bonds. The first kappa shape index (κ1) is 14.3. The van der Waals surface area contributed by atoms with Gasteiger partial charge in [-0.15, -0.1) is 0 Å². The zero-order valence-electron chi connectivity index (χ0n) is 11.3. The van der Waals surface area contributed by atoms with Gasteiger partial charge in [-0.2, -0.15) is 13.2 Å². The second-order valence-corrected chi connectivity index (χ2v) is 4.84. The molecule has 0 spiro atoms.